The van der Waals surface area contributed by atoms with Gasteiger partial charge >= 0.3 is 0 Å². The lowest BCUT2D eigenvalue weighted by molar-refractivity contribution is 0.670. The van der Waals surface area contributed by atoms with Crippen molar-refractivity contribution < 1.29 is 4.42 Å². The molecule has 0 aliphatic carbocycles. The van der Waals surface area contributed by atoms with Gasteiger partial charge < -0.3 is 4.42 Å². The Balaban J connectivity index is 0.971. The van der Waals surface area contributed by atoms with Crippen molar-refractivity contribution in [1.82, 2.24) is 0 Å². The maximum absolute atomic E-state index is 6.65. The molecule has 0 unspecified atom stereocenters. The largest absolute Gasteiger partial charge is 0.456 e. The quantitative estimate of drug-likeness (QED) is 0.128. The molecule has 0 N–H and O–H groups in total. The first kappa shape index (κ1) is 36.5. The van der Waals surface area contributed by atoms with Gasteiger partial charge in [-0.2, -0.15) is 0 Å². The fourth-order valence-electron chi connectivity index (χ4n) is 11.9. The monoisotopic (exact) mass is 846 g/mol. The van der Waals surface area contributed by atoms with E-state index in [0.29, 0.717) is 0 Å². The smallest absolute Gasteiger partial charge is 0.136 e. The molecular formula is C66H38O. The van der Waals surface area contributed by atoms with Crippen LogP contribution >= 0.6 is 0 Å². The van der Waals surface area contributed by atoms with Crippen LogP contribution in [0.3, 0.4) is 0 Å². The Morgan fingerprint density at radius 3 is 1.34 bits per heavy atom. The standard InChI is InChI=1S/C66H38O/c1-4-18-43-39(15-1)30-34-62-66(43)61-37-59-49-24-10-9-23-48(49)58-36-41(29-31-51(58)60(59)38-63(61)67-62)64-52-25-11-13-27-54(52)65(55-28-14-12-26-53(55)64)56-33-32-50(45-20-6-7-21-46(45)56)57-35-40-16-2-3-17-42(40)44-19-5-8-22-47(44)57/h1-38H. The lowest BCUT2D eigenvalue weighted by Gasteiger charge is -2.20. The van der Waals surface area contributed by atoms with Crippen molar-refractivity contribution in [2.24, 2.45) is 0 Å². The van der Waals surface area contributed by atoms with E-state index in [2.05, 4.69) is 231 Å². The highest BCUT2D eigenvalue weighted by Crippen LogP contribution is 2.49. The molecule has 15 rings (SSSR count). The van der Waals surface area contributed by atoms with Gasteiger partial charge in [0.2, 0.25) is 0 Å². The van der Waals surface area contributed by atoms with Crippen molar-refractivity contribution >= 4 is 119 Å². The Labute approximate surface area is 385 Å². The van der Waals surface area contributed by atoms with Gasteiger partial charge in [0.15, 0.2) is 0 Å². The van der Waals surface area contributed by atoms with E-state index in [1.54, 1.807) is 0 Å². The Morgan fingerprint density at radius 2 is 0.672 bits per heavy atom. The molecule has 1 heteroatoms. The van der Waals surface area contributed by atoms with Crippen molar-refractivity contribution in [3.63, 3.8) is 0 Å². The topological polar surface area (TPSA) is 13.1 Å². The van der Waals surface area contributed by atoms with E-state index >= 15 is 0 Å². The second kappa shape index (κ2) is 13.9. The first-order valence-electron chi connectivity index (χ1n) is 23.2. The lowest BCUT2D eigenvalue weighted by Crippen LogP contribution is -1.93. The third kappa shape index (κ3) is 5.20. The second-order valence-corrected chi connectivity index (χ2v) is 18.2. The van der Waals surface area contributed by atoms with Crippen molar-refractivity contribution in [3.05, 3.63) is 231 Å². The molecule has 1 aromatic heterocycles. The van der Waals surface area contributed by atoms with Crippen LogP contribution in [0.15, 0.2) is 235 Å². The molecule has 1 nitrogen and oxygen atoms in total. The van der Waals surface area contributed by atoms with Gasteiger partial charge in [-0.25, -0.2) is 0 Å². The summed E-state index contributed by atoms with van der Waals surface area (Å²) in [5.74, 6) is 0. The summed E-state index contributed by atoms with van der Waals surface area (Å²) in [6, 6.07) is 85.5. The number of hydrogen-bond acceptors (Lipinski definition) is 1. The number of fused-ring (bicyclic) bond motifs is 17. The van der Waals surface area contributed by atoms with Crippen molar-refractivity contribution in [2.45, 2.75) is 0 Å². The summed E-state index contributed by atoms with van der Waals surface area (Å²) >= 11 is 0. The molecule has 0 bridgehead atoms. The minimum Gasteiger partial charge on any atom is -0.456 e. The number of rotatable bonds is 3. The molecule has 0 amide bonds. The Bertz CT molecular complexity index is 4570. The average Bonchev–Trinajstić information content (AvgIpc) is 3.77. The van der Waals surface area contributed by atoms with Crippen LogP contribution in [0.25, 0.3) is 152 Å². The molecule has 14 aromatic carbocycles. The van der Waals surface area contributed by atoms with Gasteiger partial charge in [-0.05, 0) is 161 Å². The molecule has 308 valence electrons. The number of benzene rings is 14. The number of hydrogen-bond donors (Lipinski definition) is 0. The highest BCUT2D eigenvalue weighted by Gasteiger charge is 2.22. The molecule has 0 saturated heterocycles. The Morgan fingerprint density at radius 1 is 0.209 bits per heavy atom. The average molecular weight is 847 g/mol. The van der Waals surface area contributed by atoms with Crippen LogP contribution in [0.2, 0.25) is 0 Å². The molecule has 0 saturated carbocycles. The van der Waals surface area contributed by atoms with Gasteiger partial charge in [-0.1, -0.05) is 200 Å². The summed E-state index contributed by atoms with van der Waals surface area (Å²) in [7, 11) is 0. The Kier molecular flexibility index (Phi) is 7.56. The van der Waals surface area contributed by atoms with Crippen LogP contribution in [0.4, 0.5) is 0 Å². The van der Waals surface area contributed by atoms with Crippen LogP contribution in [0, 0.1) is 0 Å². The van der Waals surface area contributed by atoms with Crippen molar-refractivity contribution in [1.29, 1.82) is 0 Å². The fraction of sp³-hybridized carbons (Fsp3) is 0. The first-order valence-corrected chi connectivity index (χ1v) is 23.2. The molecule has 0 spiro atoms. The molecule has 0 atom stereocenters. The molecule has 67 heavy (non-hydrogen) atoms. The van der Waals surface area contributed by atoms with Gasteiger partial charge in [0.05, 0.1) is 0 Å². The van der Waals surface area contributed by atoms with Crippen LogP contribution in [0.1, 0.15) is 0 Å². The zero-order chi connectivity index (χ0) is 43.7. The highest BCUT2D eigenvalue weighted by atomic mass is 16.3. The SMILES string of the molecule is c1ccc2c(c1)cc(-c1ccc(-c3c4ccccc4c(-c4ccc5c(c4)c4ccccc4c4cc6c(cc54)oc4ccc5ccccc5c46)c4ccccc34)c3ccccc13)c1ccccc12. The number of furan rings is 1. The highest BCUT2D eigenvalue weighted by molar-refractivity contribution is 6.31. The van der Waals surface area contributed by atoms with Crippen LogP contribution in [-0.2, 0) is 0 Å². The van der Waals surface area contributed by atoms with E-state index in [0.717, 1.165) is 16.6 Å². The first-order chi connectivity index (χ1) is 33.2. The van der Waals surface area contributed by atoms with Crippen LogP contribution < -0.4 is 0 Å². The summed E-state index contributed by atoms with van der Waals surface area (Å²) in [5.41, 5.74) is 9.30. The maximum atomic E-state index is 6.65. The normalized spacial score (nSPS) is 12.2. The summed E-state index contributed by atoms with van der Waals surface area (Å²) in [6.45, 7) is 0. The molecule has 15 aromatic rings. The fourth-order valence-corrected chi connectivity index (χ4v) is 11.9. The van der Waals surface area contributed by atoms with Crippen molar-refractivity contribution in [3.8, 4) is 33.4 Å². The van der Waals surface area contributed by atoms with Crippen LogP contribution in [0.5, 0.6) is 0 Å². The van der Waals surface area contributed by atoms with Crippen molar-refractivity contribution in [2.75, 3.05) is 0 Å². The second-order valence-electron chi connectivity index (χ2n) is 18.2. The Hall–Kier alpha value is -8.78. The molecule has 0 aliphatic heterocycles. The molecule has 0 aliphatic rings. The van der Waals surface area contributed by atoms with Gasteiger partial charge in [0, 0.05) is 10.8 Å². The van der Waals surface area contributed by atoms with E-state index < -0.39 is 0 Å². The van der Waals surface area contributed by atoms with E-state index in [-0.39, 0.29) is 0 Å². The van der Waals surface area contributed by atoms with Gasteiger partial charge in [-0.15, -0.1) is 0 Å². The minimum atomic E-state index is 0.915. The predicted molar refractivity (Wildman–Crippen MR) is 288 cm³/mol. The van der Waals surface area contributed by atoms with Gasteiger partial charge in [-0.3, -0.25) is 0 Å². The summed E-state index contributed by atoms with van der Waals surface area (Å²) in [6.07, 6.45) is 0. The van der Waals surface area contributed by atoms with E-state index in [9.17, 15) is 0 Å². The zero-order valence-electron chi connectivity index (χ0n) is 36.3. The summed E-state index contributed by atoms with van der Waals surface area (Å²) < 4.78 is 6.65. The van der Waals surface area contributed by atoms with E-state index in [4.69, 9.17) is 4.42 Å². The third-order valence-corrected chi connectivity index (χ3v) is 14.8. The summed E-state index contributed by atoms with van der Waals surface area (Å²) in [4.78, 5) is 0. The van der Waals surface area contributed by atoms with E-state index in [1.165, 1.54) is 136 Å². The predicted octanol–water partition coefficient (Wildman–Crippen LogP) is 19.0. The molecule has 0 radical (unpaired) electrons. The third-order valence-electron chi connectivity index (χ3n) is 14.8. The maximum Gasteiger partial charge on any atom is 0.136 e. The van der Waals surface area contributed by atoms with Crippen LogP contribution in [-0.4, -0.2) is 0 Å². The van der Waals surface area contributed by atoms with Gasteiger partial charge in [0.25, 0.3) is 0 Å². The molecule has 0 fully saturated rings. The van der Waals surface area contributed by atoms with E-state index in [1.807, 2.05) is 0 Å². The summed E-state index contributed by atoms with van der Waals surface area (Å²) in [5, 5.41) is 24.7. The minimum absolute atomic E-state index is 0.915. The molecule has 1 heterocycles. The lowest BCUT2D eigenvalue weighted by atomic mass is 9.82. The zero-order valence-corrected chi connectivity index (χ0v) is 36.3. The molecular weight excluding hydrogens is 809 g/mol. The van der Waals surface area contributed by atoms with Gasteiger partial charge in [0.1, 0.15) is 11.2 Å².